The average molecular weight is 373 g/mol. The molecule has 1 N–H and O–H groups in total. The number of ether oxygens (including phenoxy) is 2. The van der Waals surface area contributed by atoms with E-state index in [1.165, 1.54) is 12.1 Å². The lowest BCUT2D eigenvalue weighted by molar-refractivity contribution is -0.128. The van der Waals surface area contributed by atoms with Crippen LogP contribution in [0.4, 0.5) is 4.39 Å². The minimum Gasteiger partial charge on any atom is -0.493 e. The van der Waals surface area contributed by atoms with E-state index in [1.54, 1.807) is 12.1 Å². The SMILES string of the molecule is CCCOc1ccccc1CCCNC(=O)[C@@H](CC)Oc1ccccc1F. The third-order valence-corrected chi connectivity index (χ3v) is 4.13. The maximum absolute atomic E-state index is 13.7. The van der Waals surface area contributed by atoms with Crippen LogP contribution in [-0.2, 0) is 11.2 Å². The Morgan fingerprint density at radius 3 is 2.48 bits per heavy atom. The van der Waals surface area contributed by atoms with Crippen LogP contribution in [0.5, 0.6) is 11.5 Å². The number of aryl methyl sites for hydroxylation is 1. The maximum atomic E-state index is 13.7. The van der Waals surface area contributed by atoms with Crippen LogP contribution in [0.15, 0.2) is 48.5 Å². The summed E-state index contributed by atoms with van der Waals surface area (Å²) in [5.41, 5.74) is 1.13. The van der Waals surface area contributed by atoms with Crippen molar-refractivity contribution in [2.75, 3.05) is 13.2 Å². The van der Waals surface area contributed by atoms with Crippen molar-refractivity contribution in [3.8, 4) is 11.5 Å². The molecule has 0 radical (unpaired) electrons. The molecule has 27 heavy (non-hydrogen) atoms. The number of nitrogens with one attached hydrogen (secondary N) is 1. The smallest absolute Gasteiger partial charge is 0.261 e. The van der Waals surface area contributed by atoms with Gasteiger partial charge in [-0.15, -0.1) is 0 Å². The fourth-order valence-corrected chi connectivity index (χ4v) is 2.68. The molecule has 4 nitrogen and oxygen atoms in total. The molecule has 0 heterocycles. The summed E-state index contributed by atoms with van der Waals surface area (Å²) in [7, 11) is 0. The van der Waals surface area contributed by atoms with Crippen LogP contribution < -0.4 is 14.8 Å². The van der Waals surface area contributed by atoms with Gasteiger partial charge in [-0.1, -0.05) is 44.2 Å². The van der Waals surface area contributed by atoms with Crippen LogP contribution in [0.2, 0.25) is 0 Å². The standard InChI is InChI=1S/C22H28FNO3/c1-3-16-26-20-13-7-5-10-17(20)11-9-15-24-22(25)19(4-2)27-21-14-8-6-12-18(21)23/h5-8,10,12-14,19H,3-4,9,11,15-16H2,1-2H3,(H,24,25)/t19-/m1/s1. The maximum Gasteiger partial charge on any atom is 0.261 e. The Bertz CT molecular complexity index is 720. The van der Waals surface area contributed by atoms with Gasteiger partial charge in [-0.2, -0.15) is 0 Å². The molecule has 5 heteroatoms. The molecule has 0 bridgehead atoms. The summed E-state index contributed by atoms with van der Waals surface area (Å²) < 4.78 is 25.0. The fraction of sp³-hybridized carbons (Fsp3) is 0.409. The number of carbonyl (C=O) groups is 1. The number of amides is 1. The molecule has 0 unspecified atom stereocenters. The van der Waals surface area contributed by atoms with Crippen LogP contribution in [0.3, 0.4) is 0 Å². The first-order valence-corrected chi connectivity index (χ1v) is 9.55. The van der Waals surface area contributed by atoms with E-state index in [0.29, 0.717) is 19.6 Å². The molecule has 1 amide bonds. The second kappa shape index (κ2) is 11.2. The summed E-state index contributed by atoms with van der Waals surface area (Å²) >= 11 is 0. The lowest BCUT2D eigenvalue weighted by Gasteiger charge is -2.17. The van der Waals surface area contributed by atoms with Crippen LogP contribution in [0.25, 0.3) is 0 Å². The van der Waals surface area contributed by atoms with Gasteiger partial charge in [0.15, 0.2) is 17.7 Å². The van der Waals surface area contributed by atoms with E-state index in [-0.39, 0.29) is 11.7 Å². The number of benzene rings is 2. The van der Waals surface area contributed by atoms with E-state index in [2.05, 4.69) is 12.2 Å². The molecule has 0 saturated heterocycles. The fourth-order valence-electron chi connectivity index (χ4n) is 2.68. The van der Waals surface area contributed by atoms with E-state index < -0.39 is 11.9 Å². The summed E-state index contributed by atoms with van der Waals surface area (Å²) in [6.07, 6.45) is 2.32. The van der Waals surface area contributed by atoms with Gasteiger partial charge in [0.05, 0.1) is 6.61 Å². The van der Waals surface area contributed by atoms with Crippen molar-refractivity contribution in [2.24, 2.45) is 0 Å². The van der Waals surface area contributed by atoms with Crippen LogP contribution in [0, 0.1) is 5.82 Å². The lowest BCUT2D eigenvalue weighted by Crippen LogP contribution is -2.38. The molecule has 0 aliphatic rings. The zero-order valence-electron chi connectivity index (χ0n) is 16.0. The van der Waals surface area contributed by atoms with E-state index in [1.807, 2.05) is 31.2 Å². The monoisotopic (exact) mass is 373 g/mol. The summed E-state index contributed by atoms with van der Waals surface area (Å²) in [6.45, 7) is 5.13. The highest BCUT2D eigenvalue weighted by Crippen LogP contribution is 2.20. The minimum absolute atomic E-state index is 0.0986. The highest BCUT2D eigenvalue weighted by Gasteiger charge is 2.19. The Morgan fingerprint density at radius 1 is 1.07 bits per heavy atom. The van der Waals surface area contributed by atoms with Gasteiger partial charge in [0.25, 0.3) is 5.91 Å². The first-order valence-electron chi connectivity index (χ1n) is 9.55. The first-order chi connectivity index (χ1) is 13.2. The van der Waals surface area contributed by atoms with Crippen molar-refractivity contribution >= 4 is 5.91 Å². The Hall–Kier alpha value is -2.56. The molecule has 2 aromatic carbocycles. The minimum atomic E-state index is -0.706. The molecule has 146 valence electrons. The molecular formula is C22H28FNO3. The van der Waals surface area contributed by atoms with Crippen molar-refractivity contribution in [2.45, 2.75) is 45.6 Å². The van der Waals surface area contributed by atoms with Gasteiger partial charge in [-0.25, -0.2) is 4.39 Å². The molecule has 0 aliphatic heterocycles. The molecule has 0 aliphatic carbocycles. The number of rotatable bonds is 11. The van der Waals surface area contributed by atoms with Crippen molar-refractivity contribution in [3.05, 3.63) is 59.9 Å². The van der Waals surface area contributed by atoms with Gasteiger partial charge >= 0.3 is 0 Å². The van der Waals surface area contributed by atoms with Gasteiger partial charge in [-0.05, 0) is 49.4 Å². The number of hydrogen-bond acceptors (Lipinski definition) is 3. The molecule has 2 rings (SSSR count). The molecule has 0 saturated carbocycles. The number of hydrogen-bond donors (Lipinski definition) is 1. The van der Waals surface area contributed by atoms with Gasteiger partial charge < -0.3 is 14.8 Å². The van der Waals surface area contributed by atoms with E-state index in [4.69, 9.17) is 9.47 Å². The van der Waals surface area contributed by atoms with Gasteiger partial charge in [-0.3, -0.25) is 4.79 Å². The van der Waals surface area contributed by atoms with Gasteiger partial charge in [0.1, 0.15) is 5.75 Å². The Labute approximate surface area is 160 Å². The molecule has 0 spiro atoms. The largest absolute Gasteiger partial charge is 0.493 e. The van der Waals surface area contributed by atoms with E-state index >= 15 is 0 Å². The van der Waals surface area contributed by atoms with Crippen molar-refractivity contribution in [3.63, 3.8) is 0 Å². The predicted molar refractivity (Wildman–Crippen MR) is 105 cm³/mol. The first kappa shape index (κ1) is 20.7. The zero-order valence-corrected chi connectivity index (χ0v) is 16.0. The molecule has 0 fully saturated rings. The average Bonchev–Trinajstić information content (AvgIpc) is 2.69. The Morgan fingerprint density at radius 2 is 1.78 bits per heavy atom. The number of carbonyl (C=O) groups excluding carboxylic acids is 1. The zero-order chi connectivity index (χ0) is 19.5. The van der Waals surface area contributed by atoms with Gasteiger partial charge in [0, 0.05) is 6.54 Å². The summed E-state index contributed by atoms with van der Waals surface area (Å²) in [5, 5.41) is 2.88. The molecule has 2 aromatic rings. The molecular weight excluding hydrogens is 345 g/mol. The third kappa shape index (κ3) is 6.59. The van der Waals surface area contributed by atoms with Crippen LogP contribution >= 0.6 is 0 Å². The second-order valence-electron chi connectivity index (χ2n) is 6.30. The van der Waals surface area contributed by atoms with E-state index in [9.17, 15) is 9.18 Å². The predicted octanol–water partition coefficient (Wildman–Crippen LogP) is 4.52. The molecule has 0 aromatic heterocycles. The number of para-hydroxylation sites is 2. The topological polar surface area (TPSA) is 47.6 Å². The van der Waals surface area contributed by atoms with Crippen molar-refractivity contribution < 1.29 is 18.7 Å². The summed E-state index contributed by atoms with van der Waals surface area (Å²) in [6, 6.07) is 14.1. The number of halogens is 1. The highest BCUT2D eigenvalue weighted by molar-refractivity contribution is 5.81. The quantitative estimate of drug-likeness (QED) is 0.589. The van der Waals surface area contributed by atoms with Crippen molar-refractivity contribution in [1.82, 2.24) is 5.32 Å². The highest BCUT2D eigenvalue weighted by atomic mass is 19.1. The molecule has 1 atom stereocenters. The van der Waals surface area contributed by atoms with E-state index in [0.717, 1.165) is 30.6 Å². The Kier molecular flexibility index (Phi) is 8.62. The van der Waals surface area contributed by atoms with Gasteiger partial charge in [0.2, 0.25) is 0 Å². The Balaban J connectivity index is 1.80. The normalized spacial score (nSPS) is 11.7. The van der Waals surface area contributed by atoms with Crippen LogP contribution in [0.1, 0.15) is 38.7 Å². The summed E-state index contributed by atoms with van der Waals surface area (Å²) in [5.74, 6) is 0.310. The van der Waals surface area contributed by atoms with Crippen molar-refractivity contribution in [1.29, 1.82) is 0 Å². The van der Waals surface area contributed by atoms with Crippen LogP contribution in [-0.4, -0.2) is 25.2 Å². The summed E-state index contributed by atoms with van der Waals surface area (Å²) in [4.78, 5) is 12.3. The second-order valence-corrected chi connectivity index (χ2v) is 6.30. The lowest BCUT2D eigenvalue weighted by atomic mass is 10.1. The third-order valence-electron chi connectivity index (χ3n) is 4.13.